The fourth-order valence-electron chi connectivity index (χ4n) is 1.43. The maximum absolute atomic E-state index is 11.8. The summed E-state index contributed by atoms with van der Waals surface area (Å²) < 4.78 is 0. The van der Waals surface area contributed by atoms with Crippen molar-refractivity contribution in [1.82, 2.24) is 9.88 Å². The molecule has 0 aliphatic rings. The van der Waals surface area contributed by atoms with Crippen LogP contribution >= 0.6 is 0 Å². The van der Waals surface area contributed by atoms with Crippen molar-refractivity contribution in [3.63, 3.8) is 0 Å². The fraction of sp³-hybridized carbons (Fsp3) is 0.417. The van der Waals surface area contributed by atoms with Gasteiger partial charge in [-0.15, -0.1) is 0 Å². The van der Waals surface area contributed by atoms with Crippen LogP contribution in [0.15, 0.2) is 24.4 Å². The molecule has 1 aromatic heterocycles. The first-order valence-corrected chi connectivity index (χ1v) is 5.65. The van der Waals surface area contributed by atoms with Gasteiger partial charge in [0, 0.05) is 18.4 Å². The number of urea groups is 1. The first kappa shape index (κ1) is 13.2. The molecule has 1 rings (SSSR count). The normalized spacial score (nSPS) is 9.94. The van der Waals surface area contributed by atoms with Crippen LogP contribution in [0.3, 0.4) is 0 Å². The van der Waals surface area contributed by atoms with Crippen molar-refractivity contribution in [3.05, 3.63) is 30.1 Å². The number of rotatable bonds is 5. The molecule has 5 nitrogen and oxygen atoms in total. The summed E-state index contributed by atoms with van der Waals surface area (Å²) in [5.74, 6) is -0.301. The quantitative estimate of drug-likeness (QED) is 0.836. The van der Waals surface area contributed by atoms with Crippen LogP contribution in [0.4, 0.5) is 4.79 Å². The van der Waals surface area contributed by atoms with Gasteiger partial charge in [0.2, 0.25) is 5.91 Å². The minimum Gasteiger partial charge on any atom is -0.351 e. The molecule has 17 heavy (non-hydrogen) atoms. The van der Waals surface area contributed by atoms with Crippen LogP contribution in [-0.2, 0) is 11.2 Å². The van der Waals surface area contributed by atoms with E-state index in [1.807, 2.05) is 6.92 Å². The SMILES string of the molecule is CCCCN(C(N)=O)C(=O)Cc1ccccn1. The standard InChI is InChI=1S/C12H17N3O2/c1-2-3-8-15(12(13)17)11(16)9-10-6-4-5-7-14-10/h4-7H,2-3,8-9H2,1H3,(H2,13,17). The Hall–Kier alpha value is -1.91. The van der Waals surface area contributed by atoms with Gasteiger partial charge in [-0.3, -0.25) is 14.7 Å². The van der Waals surface area contributed by atoms with E-state index >= 15 is 0 Å². The van der Waals surface area contributed by atoms with Crippen LogP contribution in [0, 0.1) is 0 Å². The topological polar surface area (TPSA) is 76.3 Å². The molecule has 0 saturated heterocycles. The highest BCUT2D eigenvalue weighted by molar-refractivity contribution is 5.94. The van der Waals surface area contributed by atoms with Gasteiger partial charge in [0.15, 0.2) is 0 Å². The van der Waals surface area contributed by atoms with E-state index in [4.69, 9.17) is 5.73 Å². The monoisotopic (exact) mass is 235 g/mol. The summed E-state index contributed by atoms with van der Waals surface area (Å²) in [4.78, 5) is 28.1. The van der Waals surface area contributed by atoms with Crippen LogP contribution in [0.2, 0.25) is 0 Å². The third-order valence-electron chi connectivity index (χ3n) is 2.36. The number of nitrogens with zero attached hydrogens (tertiary/aromatic N) is 2. The highest BCUT2D eigenvalue weighted by Gasteiger charge is 2.18. The molecular formula is C12H17N3O2. The summed E-state index contributed by atoms with van der Waals surface area (Å²) in [6.07, 6.45) is 3.38. The summed E-state index contributed by atoms with van der Waals surface area (Å²) in [5, 5.41) is 0. The summed E-state index contributed by atoms with van der Waals surface area (Å²) in [6.45, 7) is 2.36. The molecule has 1 aromatic rings. The van der Waals surface area contributed by atoms with Crippen LogP contribution in [0.5, 0.6) is 0 Å². The lowest BCUT2D eigenvalue weighted by atomic mass is 10.2. The van der Waals surface area contributed by atoms with Crippen molar-refractivity contribution in [1.29, 1.82) is 0 Å². The lowest BCUT2D eigenvalue weighted by Crippen LogP contribution is -2.42. The Bertz CT molecular complexity index is 379. The van der Waals surface area contributed by atoms with E-state index in [1.165, 1.54) is 0 Å². The van der Waals surface area contributed by atoms with E-state index < -0.39 is 6.03 Å². The number of carbonyl (C=O) groups excluding carboxylic acids is 2. The lowest BCUT2D eigenvalue weighted by molar-refractivity contribution is -0.127. The fourth-order valence-corrected chi connectivity index (χ4v) is 1.43. The van der Waals surface area contributed by atoms with Gasteiger partial charge in [0.25, 0.3) is 0 Å². The zero-order valence-corrected chi connectivity index (χ0v) is 9.93. The predicted octanol–water partition coefficient (Wildman–Crippen LogP) is 1.33. The Kier molecular flexibility index (Phi) is 5.13. The minimum atomic E-state index is -0.695. The molecule has 2 N–H and O–H groups in total. The van der Waals surface area contributed by atoms with Crippen molar-refractivity contribution in [3.8, 4) is 0 Å². The maximum Gasteiger partial charge on any atom is 0.321 e. The molecule has 1 heterocycles. The van der Waals surface area contributed by atoms with Gasteiger partial charge in [-0.2, -0.15) is 0 Å². The number of unbranched alkanes of at least 4 members (excludes halogenated alkanes) is 1. The summed E-state index contributed by atoms with van der Waals surface area (Å²) in [7, 11) is 0. The van der Waals surface area contributed by atoms with Crippen molar-refractivity contribution in [2.24, 2.45) is 5.73 Å². The molecule has 5 heteroatoms. The molecule has 92 valence electrons. The van der Waals surface area contributed by atoms with E-state index in [0.717, 1.165) is 17.7 Å². The number of amides is 3. The van der Waals surface area contributed by atoms with Gasteiger partial charge in [-0.1, -0.05) is 19.4 Å². The summed E-state index contributed by atoms with van der Waals surface area (Å²) in [6, 6.07) is 4.63. The molecule has 0 radical (unpaired) electrons. The van der Waals surface area contributed by atoms with Crippen molar-refractivity contribution in [2.45, 2.75) is 26.2 Å². The van der Waals surface area contributed by atoms with E-state index in [-0.39, 0.29) is 12.3 Å². The van der Waals surface area contributed by atoms with Crippen molar-refractivity contribution >= 4 is 11.9 Å². The number of pyridine rings is 1. The minimum absolute atomic E-state index is 0.105. The van der Waals surface area contributed by atoms with Crippen LogP contribution in [-0.4, -0.2) is 28.4 Å². The van der Waals surface area contributed by atoms with Gasteiger partial charge in [-0.05, 0) is 18.6 Å². The molecule has 0 atom stereocenters. The van der Waals surface area contributed by atoms with Crippen molar-refractivity contribution in [2.75, 3.05) is 6.54 Å². The first-order chi connectivity index (χ1) is 8.15. The third-order valence-corrected chi connectivity index (χ3v) is 2.36. The summed E-state index contributed by atoms with van der Waals surface area (Å²) in [5.41, 5.74) is 5.82. The largest absolute Gasteiger partial charge is 0.351 e. The zero-order valence-electron chi connectivity index (χ0n) is 9.93. The molecule has 0 unspecified atom stereocenters. The highest BCUT2D eigenvalue weighted by atomic mass is 16.2. The second kappa shape index (κ2) is 6.62. The van der Waals surface area contributed by atoms with Crippen LogP contribution < -0.4 is 5.73 Å². The second-order valence-corrected chi connectivity index (χ2v) is 3.74. The molecule has 0 aliphatic carbocycles. The number of hydrogen-bond acceptors (Lipinski definition) is 3. The average molecular weight is 235 g/mol. The third kappa shape index (κ3) is 4.22. The second-order valence-electron chi connectivity index (χ2n) is 3.74. The molecule has 0 aliphatic heterocycles. The number of primary amides is 1. The van der Waals surface area contributed by atoms with Crippen LogP contribution in [0.1, 0.15) is 25.5 Å². The lowest BCUT2D eigenvalue weighted by Gasteiger charge is -2.17. The Morgan fingerprint density at radius 1 is 1.41 bits per heavy atom. The molecule has 0 bridgehead atoms. The molecule has 0 spiro atoms. The van der Waals surface area contributed by atoms with Crippen LogP contribution in [0.25, 0.3) is 0 Å². The molecule has 3 amide bonds. The smallest absolute Gasteiger partial charge is 0.321 e. The Morgan fingerprint density at radius 2 is 2.18 bits per heavy atom. The maximum atomic E-state index is 11.8. The van der Waals surface area contributed by atoms with E-state index in [1.54, 1.807) is 24.4 Å². The molecule has 0 aromatic carbocycles. The zero-order chi connectivity index (χ0) is 12.7. The number of hydrogen-bond donors (Lipinski definition) is 1. The van der Waals surface area contributed by atoms with E-state index in [9.17, 15) is 9.59 Å². The Balaban J connectivity index is 2.62. The average Bonchev–Trinajstić information content (AvgIpc) is 2.30. The molecule has 0 fully saturated rings. The van der Waals surface area contributed by atoms with Gasteiger partial charge in [-0.25, -0.2) is 4.79 Å². The Labute approximate surface area is 101 Å². The van der Waals surface area contributed by atoms with Crippen molar-refractivity contribution < 1.29 is 9.59 Å². The highest BCUT2D eigenvalue weighted by Crippen LogP contribution is 2.02. The first-order valence-electron chi connectivity index (χ1n) is 5.65. The summed E-state index contributed by atoms with van der Waals surface area (Å²) >= 11 is 0. The van der Waals surface area contributed by atoms with E-state index in [0.29, 0.717) is 12.2 Å². The van der Waals surface area contributed by atoms with Gasteiger partial charge < -0.3 is 5.73 Å². The van der Waals surface area contributed by atoms with Gasteiger partial charge in [0.05, 0.1) is 6.42 Å². The van der Waals surface area contributed by atoms with Gasteiger partial charge in [0.1, 0.15) is 0 Å². The predicted molar refractivity (Wildman–Crippen MR) is 64.1 cm³/mol. The number of nitrogens with two attached hydrogens (primary N) is 1. The van der Waals surface area contributed by atoms with E-state index in [2.05, 4.69) is 4.98 Å². The number of carbonyl (C=O) groups is 2. The number of aromatic nitrogens is 1. The van der Waals surface area contributed by atoms with Gasteiger partial charge >= 0.3 is 6.03 Å². The Morgan fingerprint density at radius 3 is 2.71 bits per heavy atom. The number of imide groups is 1. The molecular weight excluding hydrogens is 218 g/mol. The molecule has 0 saturated carbocycles.